The number of ketones is 1. The van der Waals surface area contributed by atoms with Crippen molar-refractivity contribution in [2.45, 2.75) is 4.90 Å². The molecular weight excluding hydrogens is 262 g/mol. The highest BCUT2D eigenvalue weighted by atomic mass is 35.5. The van der Waals surface area contributed by atoms with E-state index in [4.69, 9.17) is 16.7 Å². The monoisotopic (exact) mass is 273 g/mol. The highest BCUT2D eigenvalue weighted by molar-refractivity contribution is 7.99. The van der Waals surface area contributed by atoms with Crippen molar-refractivity contribution < 1.29 is 14.7 Å². The number of thioether (sulfide) groups is 1. The average Bonchev–Trinajstić information content (AvgIpc) is 2.35. The first-order valence-corrected chi connectivity index (χ1v) is 6.39. The number of carbonyl (C=O) groups excluding carboxylic acids is 1. The van der Waals surface area contributed by atoms with E-state index in [0.29, 0.717) is 0 Å². The highest BCUT2D eigenvalue weighted by Crippen LogP contribution is 2.18. The van der Waals surface area contributed by atoms with E-state index >= 15 is 0 Å². The zero-order valence-electron chi connectivity index (χ0n) is 9.01. The molecule has 0 heterocycles. The fraction of sp³-hybridized carbons (Fsp3) is 0.273. The van der Waals surface area contributed by atoms with Crippen LogP contribution < -0.4 is 0 Å². The second-order valence-electron chi connectivity index (χ2n) is 3.24. The van der Waals surface area contributed by atoms with Crippen LogP contribution in [-0.2, 0) is 4.79 Å². The van der Waals surface area contributed by atoms with Crippen LogP contribution >= 0.6 is 23.4 Å². The van der Waals surface area contributed by atoms with E-state index in [0.717, 1.165) is 9.80 Å². The lowest BCUT2D eigenvalue weighted by Crippen LogP contribution is -2.34. The van der Waals surface area contributed by atoms with Crippen LogP contribution in [0.5, 0.6) is 0 Å². The number of carboxylic acid groups (broad SMARTS) is 1. The van der Waals surface area contributed by atoms with E-state index in [-0.39, 0.29) is 24.1 Å². The highest BCUT2D eigenvalue weighted by Gasteiger charge is 2.15. The van der Waals surface area contributed by atoms with Gasteiger partial charge in [0.2, 0.25) is 0 Å². The number of Topliss-reactive ketones (excluding diaryl/α,β-unsaturated/α-hetero) is 1. The molecule has 1 aromatic rings. The van der Waals surface area contributed by atoms with Crippen molar-refractivity contribution in [3.63, 3.8) is 0 Å². The van der Waals surface area contributed by atoms with Crippen molar-refractivity contribution >= 4 is 35.2 Å². The molecule has 1 rings (SSSR count). The summed E-state index contributed by atoms with van der Waals surface area (Å²) in [5, 5.41) is 8.91. The zero-order chi connectivity index (χ0) is 12.7. The molecule has 0 saturated carbocycles. The van der Waals surface area contributed by atoms with Gasteiger partial charge in [0, 0.05) is 4.90 Å². The molecule has 92 valence electrons. The maximum absolute atomic E-state index is 11.1. The summed E-state index contributed by atoms with van der Waals surface area (Å²) in [5.41, 5.74) is 0. The van der Waals surface area contributed by atoms with Gasteiger partial charge in [-0.05, 0) is 12.1 Å². The third-order valence-corrected chi connectivity index (χ3v) is 3.26. The van der Waals surface area contributed by atoms with Crippen molar-refractivity contribution in [1.29, 1.82) is 0 Å². The third kappa shape index (κ3) is 5.10. The predicted octanol–water partition coefficient (Wildman–Crippen LogP) is 2.52. The molecule has 0 saturated heterocycles. The van der Waals surface area contributed by atoms with E-state index in [1.165, 1.54) is 11.8 Å². The summed E-state index contributed by atoms with van der Waals surface area (Å²) < 4.78 is 0. The summed E-state index contributed by atoms with van der Waals surface area (Å²) in [6.07, 6.45) is -1.12. The molecule has 0 spiro atoms. The zero-order valence-corrected chi connectivity index (χ0v) is 10.6. The Hall–Kier alpha value is -1.20. The van der Waals surface area contributed by atoms with Crippen LogP contribution in [-0.4, -0.2) is 40.2 Å². The Labute approximate surface area is 109 Å². The maximum Gasteiger partial charge on any atom is 0.408 e. The minimum Gasteiger partial charge on any atom is -0.465 e. The number of alkyl halides is 1. The van der Waals surface area contributed by atoms with Crippen LogP contribution in [0.2, 0.25) is 0 Å². The number of carbonyl (C=O) groups is 2. The quantitative estimate of drug-likeness (QED) is 0.492. The molecule has 0 bridgehead atoms. The molecule has 0 atom stereocenters. The van der Waals surface area contributed by atoms with Crippen LogP contribution in [0.3, 0.4) is 0 Å². The summed E-state index contributed by atoms with van der Waals surface area (Å²) in [5.74, 6) is -0.260. The van der Waals surface area contributed by atoms with Crippen LogP contribution in [0, 0.1) is 0 Å². The van der Waals surface area contributed by atoms with Gasteiger partial charge in [-0.15, -0.1) is 23.4 Å². The van der Waals surface area contributed by atoms with Crippen molar-refractivity contribution in [2.24, 2.45) is 0 Å². The molecular formula is C11H12ClNO3S. The van der Waals surface area contributed by atoms with Gasteiger partial charge in [0.15, 0.2) is 5.78 Å². The first-order chi connectivity index (χ1) is 8.13. The van der Waals surface area contributed by atoms with Crippen LogP contribution in [0.25, 0.3) is 0 Å². The largest absolute Gasteiger partial charge is 0.465 e. The first kappa shape index (κ1) is 13.9. The third-order valence-electron chi connectivity index (χ3n) is 1.92. The molecule has 0 fully saturated rings. The van der Waals surface area contributed by atoms with Gasteiger partial charge in [0.1, 0.15) is 0 Å². The molecule has 1 amide bonds. The Morgan fingerprint density at radius 3 is 2.47 bits per heavy atom. The molecule has 1 aromatic carbocycles. The Kier molecular flexibility index (Phi) is 5.86. The number of nitrogens with zero attached hydrogens (tertiary/aromatic N) is 1. The van der Waals surface area contributed by atoms with E-state index in [9.17, 15) is 9.59 Å². The second-order valence-corrected chi connectivity index (χ2v) is 4.52. The molecule has 0 unspecified atom stereocenters. The molecule has 6 heteroatoms. The minimum absolute atomic E-state index is 0.167. The normalized spacial score (nSPS) is 9.94. The molecule has 0 aliphatic heterocycles. The topological polar surface area (TPSA) is 57.6 Å². The minimum atomic E-state index is -1.12. The van der Waals surface area contributed by atoms with Gasteiger partial charge in [0.25, 0.3) is 0 Å². The second kappa shape index (κ2) is 7.19. The van der Waals surface area contributed by atoms with Gasteiger partial charge < -0.3 is 5.11 Å². The van der Waals surface area contributed by atoms with Crippen molar-refractivity contribution in [1.82, 2.24) is 4.90 Å². The molecule has 1 N–H and O–H groups in total. The average molecular weight is 274 g/mol. The summed E-state index contributed by atoms with van der Waals surface area (Å²) >= 11 is 6.70. The lowest BCUT2D eigenvalue weighted by atomic mass is 10.4. The number of hydrogen-bond donors (Lipinski definition) is 1. The van der Waals surface area contributed by atoms with Gasteiger partial charge in [-0.2, -0.15) is 0 Å². The van der Waals surface area contributed by atoms with Crippen LogP contribution in [0.15, 0.2) is 35.2 Å². The smallest absolute Gasteiger partial charge is 0.408 e. The Morgan fingerprint density at radius 1 is 1.29 bits per heavy atom. The van der Waals surface area contributed by atoms with Crippen molar-refractivity contribution in [2.75, 3.05) is 18.3 Å². The van der Waals surface area contributed by atoms with E-state index in [2.05, 4.69) is 0 Å². The molecule has 0 aliphatic rings. The predicted molar refractivity (Wildman–Crippen MR) is 67.6 cm³/mol. The Bertz CT molecular complexity index is 386. The van der Waals surface area contributed by atoms with Crippen molar-refractivity contribution in [3.05, 3.63) is 30.3 Å². The summed E-state index contributed by atoms with van der Waals surface area (Å²) in [6.45, 7) is -0.168. The van der Waals surface area contributed by atoms with Gasteiger partial charge >= 0.3 is 6.09 Å². The van der Waals surface area contributed by atoms with Gasteiger partial charge in [-0.1, -0.05) is 18.2 Å². The number of amides is 1. The lowest BCUT2D eigenvalue weighted by molar-refractivity contribution is -0.117. The number of rotatable bonds is 6. The van der Waals surface area contributed by atoms with Gasteiger partial charge in [0.05, 0.1) is 18.3 Å². The van der Waals surface area contributed by atoms with Gasteiger partial charge in [-0.25, -0.2) is 4.79 Å². The fourth-order valence-electron chi connectivity index (χ4n) is 1.09. The SMILES string of the molecule is O=C(CCl)CN(CSc1ccccc1)C(=O)O. The molecule has 0 radical (unpaired) electrons. The number of benzene rings is 1. The summed E-state index contributed by atoms with van der Waals surface area (Å²) in [7, 11) is 0. The molecule has 17 heavy (non-hydrogen) atoms. The maximum atomic E-state index is 11.1. The van der Waals surface area contributed by atoms with E-state index in [1.54, 1.807) is 0 Å². The van der Waals surface area contributed by atoms with Crippen LogP contribution in [0.4, 0.5) is 4.79 Å². The van der Waals surface area contributed by atoms with Crippen LogP contribution in [0.1, 0.15) is 0 Å². The Morgan fingerprint density at radius 2 is 1.94 bits per heavy atom. The van der Waals surface area contributed by atoms with E-state index < -0.39 is 6.09 Å². The summed E-state index contributed by atoms with van der Waals surface area (Å²) in [6, 6.07) is 9.40. The number of halogens is 1. The van der Waals surface area contributed by atoms with E-state index in [1.807, 2.05) is 30.3 Å². The Balaban J connectivity index is 2.50. The lowest BCUT2D eigenvalue weighted by Gasteiger charge is -2.17. The number of hydrogen-bond acceptors (Lipinski definition) is 3. The standard InChI is InChI=1S/C11H12ClNO3S/c12-6-9(14)7-13(11(15)16)8-17-10-4-2-1-3-5-10/h1-5H,6-8H2,(H,15,16). The molecule has 0 aliphatic carbocycles. The molecule has 4 nitrogen and oxygen atoms in total. The first-order valence-electron chi connectivity index (χ1n) is 4.87. The van der Waals surface area contributed by atoms with Gasteiger partial charge in [-0.3, -0.25) is 9.69 Å². The molecule has 0 aromatic heterocycles. The van der Waals surface area contributed by atoms with Crippen molar-refractivity contribution in [3.8, 4) is 0 Å². The summed E-state index contributed by atoms with van der Waals surface area (Å²) in [4.78, 5) is 24.0. The fourth-order valence-corrected chi connectivity index (χ4v) is 2.03.